The van der Waals surface area contributed by atoms with Gasteiger partial charge < -0.3 is 14.8 Å². The molecule has 0 radical (unpaired) electrons. The molecule has 11 heteroatoms. The molecular weight excluding hydrogens is 527 g/mol. The molecular formula is C25H24Cl2N2O6S. The predicted octanol–water partition coefficient (Wildman–Crippen LogP) is 5.40. The number of hydrogen-bond donors (Lipinski definition) is 1. The summed E-state index contributed by atoms with van der Waals surface area (Å²) in [4.78, 5) is 24.8. The molecule has 0 aliphatic heterocycles. The summed E-state index contributed by atoms with van der Waals surface area (Å²) in [7, 11) is -4.13. The fourth-order valence-corrected chi connectivity index (χ4v) is 5.03. The van der Waals surface area contributed by atoms with E-state index >= 15 is 0 Å². The third-order valence-electron chi connectivity index (χ3n) is 4.87. The number of anilines is 2. The molecule has 0 spiro atoms. The van der Waals surface area contributed by atoms with Crippen molar-refractivity contribution in [2.24, 2.45) is 0 Å². The lowest BCUT2D eigenvalue weighted by atomic mass is 10.2. The Morgan fingerprint density at radius 2 is 1.58 bits per heavy atom. The summed E-state index contributed by atoms with van der Waals surface area (Å²) in [5.74, 6) is -0.650. The number of rotatable bonds is 10. The van der Waals surface area contributed by atoms with Gasteiger partial charge in [-0.15, -0.1) is 0 Å². The molecule has 0 fully saturated rings. The van der Waals surface area contributed by atoms with Crippen LogP contribution < -0.4 is 14.4 Å². The average molecular weight is 551 g/mol. The summed E-state index contributed by atoms with van der Waals surface area (Å²) in [5, 5.41) is 3.08. The van der Waals surface area contributed by atoms with Crippen molar-refractivity contribution in [3.63, 3.8) is 0 Å². The van der Waals surface area contributed by atoms with Crippen molar-refractivity contribution in [1.82, 2.24) is 0 Å². The fourth-order valence-electron chi connectivity index (χ4n) is 3.22. The third-order valence-corrected chi connectivity index (χ3v) is 7.23. The second-order valence-corrected chi connectivity index (χ2v) is 10.1. The van der Waals surface area contributed by atoms with E-state index in [4.69, 9.17) is 32.7 Å². The van der Waals surface area contributed by atoms with Crippen molar-refractivity contribution in [2.75, 3.05) is 29.4 Å². The molecule has 0 saturated carbocycles. The van der Waals surface area contributed by atoms with Gasteiger partial charge in [0.05, 0.1) is 34.4 Å². The van der Waals surface area contributed by atoms with E-state index < -0.39 is 28.4 Å². The van der Waals surface area contributed by atoms with E-state index in [0.717, 1.165) is 4.31 Å². The number of benzene rings is 3. The maximum Gasteiger partial charge on any atom is 0.339 e. The number of carbonyl (C=O) groups excluding carboxylic acids is 2. The summed E-state index contributed by atoms with van der Waals surface area (Å²) >= 11 is 12.1. The smallest absolute Gasteiger partial charge is 0.339 e. The number of ether oxygens (including phenoxy) is 2. The van der Waals surface area contributed by atoms with Crippen molar-refractivity contribution >= 4 is 56.5 Å². The van der Waals surface area contributed by atoms with Gasteiger partial charge in [0.15, 0.2) is 0 Å². The maximum atomic E-state index is 13.5. The number of sulfonamides is 1. The molecule has 190 valence electrons. The van der Waals surface area contributed by atoms with Crippen LogP contribution in [-0.4, -0.2) is 40.1 Å². The lowest BCUT2D eigenvalue weighted by molar-refractivity contribution is -0.114. The highest BCUT2D eigenvalue weighted by Gasteiger charge is 2.27. The minimum atomic E-state index is -4.13. The standard InChI is InChI=1S/C25H24Cl2N2O6S/c1-3-34-20-10-8-19(9-11-20)29(36(32,33)21-12-5-17(26)6-13-21)16-24(30)28-18-7-14-22(23(27)15-18)25(31)35-4-2/h5-15H,3-4,16H2,1-2H3,(H,28,30). The van der Waals surface area contributed by atoms with Crippen LogP contribution in [0.5, 0.6) is 5.75 Å². The molecule has 0 bridgehead atoms. The Hall–Kier alpha value is -3.27. The Labute approximate surface area is 219 Å². The number of esters is 1. The predicted molar refractivity (Wildman–Crippen MR) is 140 cm³/mol. The minimum Gasteiger partial charge on any atom is -0.494 e. The molecule has 36 heavy (non-hydrogen) atoms. The van der Waals surface area contributed by atoms with Gasteiger partial charge in [0.1, 0.15) is 12.3 Å². The summed E-state index contributed by atoms with van der Waals surface area (Å²) in [6, 6.07) is 16.3. The zero-order valence-electron chi connectivity index (χ0n) is 19.5. The number of halogens is 2. The molecule has 3 aromatic rings. The quantitative estimate of drug-likeness (QED) is 0.339. The van der Waals surface area contributed by atoms with Crippen LogP contribution in [0.1, 0.15) is 24.2 Å². The van der Waals surface area contributed by atoms with E-state index in [0.29, 0.717) is 17.4 Å². The molecule has 0 heterocycles. The zero-order chi connectivity index (χ0) is 26.3. The minimum absolute atomic E-state index is 0.0320. The highest BCUT2D eigenvalue weighted by Crippen LogP contribution is 2.27. The number of nitrogens with zero attached hydrogens (tertiary/aromatic N) is 1. The van der Waals surface area contributed by atoms with Gasteiger partial charge in [0.2, 0.25) is 5.91 Å². The topological polar surface area (TPSA) is 102 Å². The highest BCUT2D eigenvalue weighted by molar-refractivity contribution is 7.92. The number of amides is 1. The van der Waals surface area contributed by atoms with E-state index in [9.17, 15) is 18.0 Å². The van der Waals surface area contributed by atoms with Crippen LogP contribution in [0.15, 0.2) is 71.6 Å². The van der Waals surface area contributed by atoms with Crippen molar-refractivity contribution in [3.8, 4) is 5.75 Å². The highest BCUT2D eigenvalue weighted by atomic mass is 35.5. The molecule has 1 amide bonds. The van der Waals surface area contributed by atoms with Gasteiger partial charge in [-0.05, 0) is 80.6 Å². The van der Waals surface area contributed by atoms with Crippen molar-refractivity contribution < 1.29 is 27.5 Å². The molecule has 8 nitrogen and oxygen atoms in total. The first kappa shape index (κ1) is 27.3. The van der Waals surface area contributed by atoms with E-state index in [2.05, 4.69) is 5.32 Å². The summed E-state index contributed by atoms with van der Waals surface area (Å²) in [6.45, 7) is 3.62. The van der Waals surface area contributed by atoms with Gasteiger partial charge in [-0.25, -0.2) is 13.2 Å². The van der Waals surface area contributed by atoms with Crippen molar-refractivity contribution in [2.45, 2.75) is 18.7 Å². The van der Waals surface area contributed by atoms with Crippen LogP contribution in [0, 0.1) is 0 Å². The summed E-state index contributed by atoms with van der Waals surface area (Å²) in [6.07, 6.45) is 0. The normalized spacial score (nSPS) is 11.0. The molecule has 0 aliphatic carbocycles. The van der Waals surface area contributed by atoms with Crippen LogP contribution in [0.2, 0.25) is 10.0 Å². The zero-order valence-corrected chi connectivity index (χ0v) is 21.9. The second-order valence-electron chi connectivity index (χ2n) is 7.36. The van der Waals surface area contributed by atoms with E-state index in [1.54, 1.807) is 31.2 Å². The van der Waals surface area contributed by atoms with Gasteiger partial charge in [0, 0.05) is 10.7 Å². The monoisotopic (exact) mass is 550 g/mol. The molecule has 0 aliphatic rings. The van der Waals surface area contributed by atoms with Gasteiger partial charge >= 0.3 is 5.97 Å². The molecule has 3 aromatic carbocycles. The van der Waals surface area contributed by atoms with E-state index in [1.807, 2.05) is 6.92 Å². The van der Waals surface area contributed by atoms with Crippen molar-refractivity contribution in [3.05, 3.63) is 82.3 Å². The van der Waals surface area contributed by atoms with Crippen LogP contribution in [0.4, 0.5) is 11.4 Å². The summed E-state index contributed by atoms with van der Waals surface area (Å²) < 4.78 is 38.3. The average Bonchev–Trinajstić information content (AvgIpc) is 2.84. The number of hydrogen-bond acceptors (Lipinski definition) is 6. The Morgan fingerprint density at radius 3 is 2.17 bits per heavy atom. The van der Waals surface area contributed by atoms with Gasteiger partial charge in [-0.3, -0.25) is 9.10 Å². The number of nitrogens with one attached hydrogen (secondary N) is 1. The molecule has 3 rings (SSSR count). The second kappa shape index (κ2) is 12.1. The van der Waals surface area contributed by atoms with E-state index in [1.165, 1.54) is 42.5 Å². The largest absolute Gasteiger partial charge is 0.494 e. The van der Waals surface area contributed by atoms with Gasteiger partial charge in [-0.2, -0.15) is 0 Å². The summed E-state index contributed by atoms with van der Waals surface area (Å²) in [5.41, 5.74) is 0.700. The molecule has 0 aromatic heterocycles. The van der Waals surface area contributed by atoms with Crippen LogP contribution in [0.3, 0.4) is 0 Å². The Kier molecular flexibility index (Phi) is 9.19. The number of carbonyl (C=O) groups is 2. The maximum absolute atomic E-state index is 13.5. The van der Waals surface area contributed by atoms with Crippen LogP contribution >= 0.6 is 23.2 Å². The Morgan fingerprint density at radius 1 is 0.917 bits per heavy atom. The molecule has 0 unspecified atom stereocenters. The first-order valence-corrected chi connectivity index (χ1v) is 13.1. The third kappa shape index (κ3) is 6.69. The lowest BCUT2D eigenvalue weighted by Crippen LogP contribution is -2.38. The molecule has 0 atom stereocenters. The van der Waals surface area contributed by atoms with E-state index in [-0.39, 0.29) is 33.5 Å². The Balaban J connectivity index is 1.88. The molecule has 1 N–H and O–H groups in total. The van der Waals surface area contributed by atoms with Crippen molar-refractivity contribution in [1.29, 1.82) is 0 Å². The SMILES string of the molecule is CCOC(=O)c1ccc(NC(=O)CN(c2ccc(OCC)cc2)S(=O)(=O)c2ccc(Cl)cc2)cc1Cl. The first-order valence-electron chi connectivity index (χ1n) is 10.9. The van der Waals surface area contributed by atoms with Crippen LogP contribution in [-0.2, 0) is 19.6 Å². The first-order chi connectivity index (χ1) is 17.1. The van der Waals surface area contributed by atoms with Crippen LogP contribution in [0.25, 0.3) is 0 Å². The molecule has 0 saturated heterocycles. The van der Waals surface area contributed by atoms with Gasteiger partial charge in [-0.1, -0.05) is 23.2 Å². The van der Waals surface area contributed by atoms with Gasteiger partial charge in [0.25, 0.3) is 10.0 Å². The lowest BCUT2D eigenvalue weighted by Gasteiger charge is -2.24. The Bertz CT molecular complexity index is 1330. The fraction of sp³-hybridized carbons (Fsp3) is 0.200.